The van der Waals surface area contributed by atoms with Gasteiger partial charge in [-0.1, -0.05) is 0 Å². The van der Waals surface area contributed by atoms with Crippen molar-refractivity contribution in [1.82, 2.24) is 4.90 Å². The molecule has 0 unspecified atom stereocenters. The van der Waals surface area contributed by atoms with E-state index in [2.05, 4.69) is 0 Å². The zero-order valence-electron chi connectivity index (χ0n) is 6.13. The van der Waals surface area contributed by atoms with Gasteiger partial charge in [0.05, 0.1) is 6.61 Å². The molecule has 0 N–H and O–H groups in total. The van der Waals surface area contributed by atoms with E-state index < -0.39 is 0 Å². The lowest BCUT2D eigenvalue weighted by Crippen LogP contribution is -2.27. The Hall–Kier alpha value is -0.660. The van der Waals surface area contributed by atoms with Gasteiger partial charge in [-0.3, -0.25) is 0 Å². The summed E-state index contributed by atoms with van der Waals surface area (Å²) in [5.74, 6) is 0. The van der Waals surface area contributed by atoms with E-state index in [9.17, 15) is 0 Å². The maximum Gasteiger partial charge on any atom is 0.180 e. The highest BCUT2D eigenvalue weighted by molar-refractivity contribution is 7.80. The highest BCUT2D eigenvalue weighted by Gasteiger charge is 1.99. The minimum Gasteiger partial charge on any atom is -0.383 e. The maximum atomic E-state index is 8.33. The monoisotopic (exact) mass is 158 g/mol. The van der Waals surface area contributed by atoms with E-state index >= 15 is 0 Å². The largest absolute Gasteiger partial charge is 0.383 e. The number of likely N-dealkylation sites (N-methyl/N-ethyl adjacent to an activating group) is 1. The average Bonchev–Trinajstić information content (AvgIpc) is 1.98. The van der Waals surface area contributed by atoms with Gasteiger partial charge in [0.25, 0.3) is 0 Å². The number of methoxy groups -OCH3 is 1. The van der Waals surface area contributed by atoms with Crippen LogP contribution in [0.25, 0.3) is 0 Å². The van der Waals surface area contributed by atoms with Crippen LogP contribution in [0.4, 0.5) is 0 Å². The molecule has 0 heterocycles. The fourth-order valence-electron chi connectivity index (χ4n) is 0.415. The van der Waals surface area contributed by atoms with Crippen molar-refractivity contribution in [1.29, 1.82) is 5.26 Å². The van der Waals surface area contributed by atoms with Gasteiger partial charge in [-0.05, 0) is 12.2 Å². The number of nitrogens with zero attached hydrogens (tertiary/aromatic N) is 2. The van der Waals surface area contributed by atoms with E-state index in [0.29, 0.717) is 18.1 Å². The number of hydrogen-bond donors (Lipinski definition) is 0. The smallest absolute Gasteiger partial charge is 0.180 e. The molecule has 0 saturated carbocycles. The lowest BCUT2D eigenvalue weighted by atomic mass is 10.5. The Morgan fingerprint density at radius 3 is 2.80 bits per heavy atom. The third-order valence-corrected chi connectivity index (χ3v) is 1.48. The van der Waals surface area contributed by atoms with Crippen LogP contribution >= 0.6 is 12.2 Å². The molecule has 0 aliphatic carbocycles. The summed E-state index contributed by atoms with van der Waals surface area (Å²) in [5.41, 5.74) is 0. The van der Waals surface area contributed by atoms with Crippen LogP contribution in [0, 0.1) is 11.3 Å². The molecule has 0 atom stereocenters. The molecule has 0 aromatic rings. The zero-order valence-corrected chi connectivity index (χ0v) is 6.94. The minimum absolute atomic E-state index is 0.303. The van der Waals surface area contributed by atoms with Crippen molar-refractivity contribution in [2.45, 2.75) is 0 Å². The third-order valence-electron chi connectivity index (χ3n) is 1.07. The molecular formula is C6H10N2OS. The standard InChI is InChI=1S/C6H10N2OS/c1-8(3-4-9-2)6(10)5-7/h3-4H2,1-2H3. The molecular weight excluding hydrogens is 148 g/mol. The SMILES string of the molecule is COCCN(C)C(=S)C#N. The second-order valence-corrected chi connectivity index (χ2v) is 2.22. The Labute approximate surface area is 66.2 Å². The second kappa shape index (κ2) is 5.15. The molecule has 0 bridgehead atoms. The fraction of sp³-hybridized carbons (Fsp3) is 0.667. The van der Waals surface area contributed by atoms with Crippen LogP contribution in [-0.4, -0.2) is 37.2 Å². The van der Waals surface area contributed by atoms with E-state index in [1.807, 2.05) is 6.07 Å². The first kappa shape index (κ1) is 9.34. The van der Waals surface area contributed by atoms with Gasteiger partial charge in [0, 0.05) is 20.7 Å². The fourth-order valence-corrected chi connectivity index (χ4v) is 0.506. The first-order chi connectivity index (χ1) is 4.72. The van der Waals surface area contributed by atoms with E-state index in [4.69, 9.17) is 22.2 Å². The Balaban J connectivity index is 3.54. The lowest BCUT2D eigenvalue weighted by Gasteiger charge is -2.13. The highest BCUT2D eigenvalue weighted by Crippen LogP contribution is 1.85. The Bertz CT molecular complexity index is 152. The molecule has 0 radical (unpaired) electrons. The number of hydrogen-bond acceptors (Lipinski definition) is 3. The summed E-state index contributed by atoms with van der Waals surface area (Å²) in [4.78, 5) is 1.98. The molecule has 0 spiro atoms. The molecule has 0 aliphatic heterocycles. The molecule has 0 saturated heterocycles. The van der Waals surface area contributed by atoms with Crippen LogP contribution in [0.5, 0.6) is 0 Å². The molecule has 0 aliphatic rings. The van der Waals surface area contributed by atoms with Gasteiger partial charge < -0.3 is 9.64 Å². The van der Waals surface area contributed by atoms with Gasteiger partial charge in [-0.25, -0.2) is 0 Å². The molecule has 56 valence electrons. The Morgan fingerprint density at radius 2 is 2.40 bits per heavy atom. The van der Waals surface area contributed by atoms with Gasteiger partial charge in [0.2, 0.25) is 0 Å². The summed E-state index contributed by atoms with van der Waals surface area (Å²) < 4.78 is 4.80. The molecule has 0 fully saturated rings. The van der Waals surface area contributed by atoms with Gasteiger partial charge in [0.1, 0.15) is 6.07 Å². The molecule has 0 aromatic heterocycles. The summed E-state index contributed by atoms with van der Waals surface area (Å²) >= 11 is 4.70. The second-order valence-electron chi connectivity index (χ2n) is 1.83. The van der Waals surface area contributed by atoms with Gasteiger partial charge in [0.15, 0.2) is 4.99 Å². The topological polar surface area (TPSA) is 36.3 Å². The van der Waals surface area contributed by atoms with Gasteiger partial charge in [-0.15, -0.1) is 0 Å². The van der Waals surface area contributed by atoms with Crippen molar-refractivity contribution in [3.8, 4) is 6.07 Å². The maximum absolute atomic E-state index is 8.33. The predicted octanol–water partition coefficient (Wildman–Crippen LogP) is 0.416. The number of thiocarbonyl (C=S) groups is 1. The van der Waals surface area contributed by atoms with Gasteiger partial charge >= 0.3 is 0 Å². The summed E-state index contributed by atoms with van der Waals surface area (Å²) in [6, 6.07) is 1.88. The summed E-state index contributed by atoms with van der Waals surface area (Å²) in [6.45, 7) is 1.27. The van der Waals surface area contributed by atoms with Crippen molar-refractivity contribution >= 4 is 17.2 Å². The Kier molecular flexibility index (Phi) is 4.81. The van der Waals surface area contributed by atoms with E-state index in [1.54, 1.807) is 19.1 Å². The molecule has 3 nitrogen and oxygen atoms in total. The quantitative estimate of drug-likeness (QED) is 0.558. The number of ether oxygens (including phenoxy) is 1. The van der Waals surface area contributed by atoms with Gasteiger partial charge in [-0.2, -0.15) is 5.26 Å². The number of nitriles is 1. The van der Waals surface area contributed by atoms with Crippen LogP contribution < -0.4 is 0 Å². The van der Waals surface area contributed by atoms with Crippen LogP contribution in [0.3, 0.4) is 0 Å². The molecule has 0 rings (SSSR count). The number of rotatable bonds is 3. The van der Waals surface area contributed by atoms with E-state index in [0.717, 1.165) is 0 Å². The van der Waals surface area contributed by atoms with Crippen LogP contribution in [-0.2, 0) is 4.74 Å². The van der Waals surface area contributed by atoms with Crippen molar-refractivity contribution in [2.24, 2.45) is 0 Å². The van der Waals surface area contributed by atoms with Crippen LogP contribution in [0.1, 0.15) is 0 Å². The minimum atomic E-state index is 0.303. The first-order valence-corrected chi connectivity index (χ1v) is 3.27. The zero-order chi connectivity index (χ0) is 7.98. The van der Waals surface area contributed by atoms with Crippen LogP contribution in [0.2, 0.25) is 0 Å². The van der Waals surface area contributed by atoms with Crippen molar-refractivity contribution in [3.05, 3.63) is 0 Å². The van der Waals surface area contributed by atoms with E-state index in [-0.39, 0.29) is 0 Å². The average molecular weight is 158 g/mol. The molecule has 4 heteroatoms. The summed E-state index contributed by atoms with van der Waals surface area (Å²) in [6.07, 6.45) is 0. The summed E-state index contributed by atoms with van der Waals surface area (Å²) in [5, 5.41) is 8.33. The molecule has 0 amide bonds. The van der Waals surface area contributed by atoms with Crippen LogP contribution in [0.15, 0.2) is 0 Å². The lowest BCUT2D eigenvalue weighted by molar-refractivity contribution is 0.183. The molecule has 10 heavy (non-hydrogen) atoms. The highest BCUT2D eigenvalue weighted by atomic mass is 32.1. The Morgan fingerprint density at radius 1 is 1.80 bits per heavy atom. The van der Waals surface area contributed by atoms with Crippen molar-refractivity contribution in [3.63, 3.8) is 0 Å². The summed E-state index contributed by atoms with van der Waals surface area (Å²) in [7, 11) is 3.38. The predicted molar refractivity (Wildman–Crippen MR) is 42.7 cm³/mol. The third kappa shape index (κ3) is 3.38. The molecule has 0 aromatic carbocycles. The van der Waals surface area contributed by atoms with Crippen molar-refractivity contribution < 1.29 is 4.74 Å². The first-order valence-electron chi connectivity index (χ1n) is 2.86. The van der Waals surface area contributed by atoms with E-state index in [1.165, 1.54) is 0 Å². The normalized spacial score (nSPS) is 8.50. The van der Waals surface area contributed by atoms with Crippen molar-refractivity contribution in [2.75, 3.05) is 27.3 Å².